The predicted octanol–water partition coefficient (Wildman–Crippen LogP) is 17.5. The number of nitrogens with zero attached hydrogens (tertiary/aromatic N) is 6. The van der Waals surface area contributed by atoms with Gasteiger partial charge in [-0.2, -0.15) is 0 Å². The molecule has 5 aromatic heterocycles. The number of aromatic nitrogens is 6. The van der Waals surface area contributed by atoms with Gasteiger partial charge in [0.15, 0.2) is 0 Å². The normalized spacial score (nSPS) is 12.3. The maximum atomic E-state index is 5.55. The van der Waals surface area contributed by atoms with Gasteiger partial charge < -0.3 is 9.13 Å². The second-order valence-corrected chi connectivity index (χ2v) is 19.7. The van der Waals surface area contributed by atoms with Gasteiger partial charge in [-0.15, -0.1) is 0 Å². The van der Waals surface area contributed by atoms with Crippen molar-refractivity contribution in [1.29, 1.82) is 0 Å². The van der Waals surface area contributed by atoms with Crippen LogP contribution >= 0.6 is 0 Å². The van der Waals surface area contributed by atoms with Gasteiger partial charge >= 0.3 is 0 Å². The fourth-order valence-corrected chi connectivity index (χ4v) is 12.8. The molecule has 0 aliphatic heterocycles. The first kappa shape index (κ1) is 39.7. The summed E-state index contributed by atoms with van der Waals surface area (Å²) in [5.74, 6) is 0.804. The van der Waals surface area contributed by atoms with E-state index < -0.39 is 0 Å². The molecule has 0 aliphatic carbocycles. The Hall–Kier alpha value is -10.0. The molecule has 0 saturated heterocycles. The van der Waals surface area contributed by atoms with Gasteiger partial charge in [0.1, 0.15) is 5.65 Å². The van der Waals surface area contributed by atoms with E-state index in [0.29, 0.717) is 0 Å². The van der Waals surface area contributed by atoms with Crippen LogP contribution in [0.1, 0.15) is 0 Å². The van der Waals surface area contributed by atoms with Crippen molar-refractivity contribution < 1.29 is 0 Å². The Kier molecular flexibility index (Phi) is 7.91. The number of fused-ring (bicyclic) bond motifs is 20. The number of imidazole rings is 1. The van der Waals surface area contributed by atoms with Crippen LogP contribution in [0.3, 0.4) is 0 Å². The van der Waals surface area contributed by atoms with E-state index in [1.54, 1.807) is 0 Å². The molecule has 0 amide bonds. The van der Waals surface area contributed by atoms with Gasteiger partial charge in [0.05, 0.1) is 49.7 Å². The molecule has 17 rings (SSSR count). The minimum atomic E-state index is 0.804. The smallest absolute Gasteiger partial charge is 0.221 e. The van der Waals surface area contributed by atoms with Crippen LogP contribution in [0.4, 0.5) is 0 Å². The Morgan fingerprint density at radius 1 is 0.284 bits per heavy atom. The lowest BCUT2D eigenvalue weighted by Gasteiger charge is -2.18. The number of para-hydroxylation sites is 6. The van der Waals surface area contributed by atoms with Crippen molar-refractivity contribution >= 4 is 125 Å². The number of hydrogen-bond acceptors (Lipinski definition) is 2. The summed E-state index contributed by atoms with van der Waals surface area (Å²) < 4.78 is 9.63. The maximum Gasteiger partial charge on any atom is 0.221 e. The Labute approximate surface area is 422 Å². The summed E-state index contributed by atoms with van der Waals surface area (Å²) in [6, 6.07) is 88.8. The Bertz CT molecular complexity index is 5110. The quantitative estimate of drug-likeness (QED) is 0.176. The van der Waals surface area contributed by atoms with Crippen LogP contribution in [0.15, 0.2) is 243 Å². The first-order chi connectivity index (χ1) is 36.7. The molecule has 17 aromatic rings. The molecule has 0 spiro atoms. The lowest BCUT2D eigenvalue weighted by Crippen LogP contribution is -2.06. The van der Waals surface area contributed by atoms with Crippen molar-refractivity contribution in [3.8, 4) is 28.5 Å². The molecule has 0 N–H and O–H groups in total. The monoisotopic (exact) mass is 940 g/mol. The average Bonchev–Trinajstić information content (AvgIpc) is 4.27. The van der Waals surface area contributed by atoms with Gasteiger partial charge in [0.2, 0.25) is 5.95 Å². The van der Waals surface area contributed by atoms with Crippen LogP contribution in [0.25, 0.3) is 154 Å². The topological polar surface area (TPSA) is 45.0 Å². The van der Waals surface area contributed by atoms with E-state index in [2.05, 4.69) is 261 Å². The van der Waals surface area contributed by atoms with Crippen LogP contribution in [0, 0.1) is 0 Å². The zero-order valence-electron chi connectivity index (χ0n) is 39.8. The molecule has 0 fully saturated rings. The summed E-state index contributed by atoms with van der Waals surface area (Å²) in [7, 11) is 0. The third kappa shape index (κ3) is 5.32. The minimum absolute atomic E-state index is 0.804. The summed E-state index contributed by atoms with van der Waals surface area (Å²) in [4.78, 5) is 10.8. The Morgan fingerprint density at radius 3 is 1.38 bits per heavy atom. The van der Waals surface area contributed by atoms with E-state index >= 15 is 0 Å². The van der Waals surface area contributed by atoms with Crippen LogP contribution < -0.4 is 0 Å². The number of rotatable bonds is 4. The summed E-state index contributed by atoms with van der Waals surface area (Å²) in [6.45, 7) is 0. The van der Waals surface area contributed by atoms with Crippen molar-refractivity contribution in [3.05, 3.63) is 243 Å². The van der Waals surface area contributed by atoms with Crippen molar-refractivity contribution in [3.63, 3.8) is 0 Å². The highest BCUT2D eigenvalue weighted by atomic mass is 15.2. The summed E-state index contributed by atoms with van der Waals surface area (Å²) in [5.41, 5.74) is 15.1. The maximum absolute atomic E-state index is 5.55. The molecule has 0 saturated carbocycles. The van der Waals surface area contributed by atoms with Gasteiger partial charge in [0, 0.05) is 54.5 Å². The SMILES string of the molecule is c1ccc2c(c1)ccc1c2c2ccccc2n1-c1cc(-c2cc3c4ccccc4n(-c4nc5ccccc5c5nc6ccccc6n45)c3c3ccccc23)cc(-n2c3ccccc3c3c4ccccc4ccc32)c1. The van der Waals surface area contributed by atoms with E-state index in [0.717, 1.165) is 88.6 Å². The fourth-order valence-electron chi connectivity index (χ4n) is 12.8. The van der Waals surface area contributed by atoms with Crippen LogP contribution in [-0.4, -0.2) is 28.1 Å². The van der Waals surface area contributed by atoms with Crippen molar-refractivity contribution in [2.75, 3.05) is 0 Å². The Morgan fingerprint density at radius 2 is 0.757 bits per heavy atom. The van der Waals surface area contributed by atoms with E-state index in [-0.39, 0.29) is 0 Å². The van der Waals surface area contributed by atoms with Crippen LogP contribution in [-0.2, 0) is 0 Å². The fraction of sp³-hybridized carbons (Fsp3) is 0. The second-order valence-electron chi connectivity index (χ2n) is 19.7. The summed E-state index contributed by atoms with van der Waals surface area (Å²) >= 11 is 0. The largest absolute Gasteiger partial charge is 0.309 e. The second kappa shape index (κ2) is 14.8. The highest BCUT2D eigenvalue weighted by Crippen LogP contribution is 2.45. The van der Waals surface area contributed by atoms with Gasteiger partial charge in [-0.1, -0.05) is 164 Å². The molecule has 0 aliphatic rings. The average molecular weight is 941 g/mol. The predicted molar refractivity (Wildman–Crippen MR) is 309 cm³/mol. The first-order valence-electron chi connectivity index (χ1n) is 25.3. The van der Waals surface area contributed by atoms with E-state index in [9.17, 15) is 0 Å². The zero-order valence-corrected chi connectivity index (χ0v) is 39.8. The molecule has 0 atom stereocenters. The van der Waals surface area contributed by atoms with Crippen molar-refractivity contribution in [2.24, 2.45) is 0 Å². The molecule has 12 aromatic carbocycles. The first-order valence-corrected chi connectivity index (χ1v) is 25.3. The zero-order chi connectivity index (χ0) is 48.2. The third-order valence-corrected chi connectivity index (χ3v) is 15.9. The molecular weight excluding hydrogens is 901 g/mol. The number of benzene rings is 12. The van der Waals surface area contributed by atoms with E-state index in [1.807, 2.05) is 0 Å². The molecule has 0 radical (unpaired) electrons. The van der Waals surface area contributed by atoms with Gasteiger partial charge in [0.25, 0.3) is 0 Å². The minimum Gasteiger partial charge on any atom is -0.309 e. The lowest BCUT2D eigenvalue weighted by molar-refractivity contribution is 0.982. The third-order valence-electron chi connectivity index (χ3n) is 15.9. The summed E-state index contributed by atoms with van der Waals surface area (Å²) in [6.07, 6.45) is 0. The van der Waals surface area contributed by atoms with Gasteiger partial charge in [-0.05, 0) is 117 Å². The van der Waals surface area contributed by atoms with Crippen LogP contribution in [0.5, 0.6) is 0 Å². The molecule has 0 unspecified atom stereocenters. The molecule has 342 valence electrons. The number of hydrogen-bond donors (Lipinski definition) is 0. The van der Waals surface area contributed by atoms with E-state index in [1.165, 1.54) is 65.2 Å². The van der Waals surface area contributed by atoms with Gasteiger partial charge in [-0.3, -0.25) is 8.97 Å². The standard InChI is InChI=1S/C68H40N6/c1-3-19-46-41(17-1)33-35-62-64(46)52-25-9-14-30-59(52)71(62)44-37-43(38-45(39-44)72-60-31-15-10-26-53(60)65-47-20-4-2-18-42(47)34-36-63(65)72)54-40-55-49-22-8-13-29-58(49)73(66(55)50-23-6-5-21-48(50)54)68-70-56-27-11-7-24-51(56)67-69-57-28-12-16-32-61(57)74(67)68/h1-40H. The molecule has 6 heteroatoms. The van der Waals surface area contributed by atoms with Gasteiger partial charge in [-0.25, -0.2) is 9.97 Å². The lowest BCUT2D eigenvalue weighted by atomic mass is 9.94. The molecular formula is C68H40N6. The Balaban J connectivity index is 1.02. The molecule has 74 heavy (non-hydrogen) atoms. The molecule has 5 heterocycles. The molecule has 0 bridgehead atoms. The van der Waals surface area contributed by atoms with Crippen LogP contribution in [0.2, 0.25) is 0 Å². The van der Waals surface area contributed by atoms with Crippen molar-refractivity contribution in [2.45, 2.75) is 0 Å². The van der Waals surface area contributed by atoms with Crippen molar-refractivity contribution in [1.82, 2.24) is 28.1 Å². The highest BCUT2D eigenvalue weighted by molar-refractivity contribution is 6.24. The summed E-state index contributed by atoms with van der Waals surface area (Å²) in [5, 5.41) is 15.6. The van der Waals surface area contributed by atoms with E-state index in [4.69, 9.17) is 9.97 Å². The molecule has 6 nitrogen and oxygen atoms in total. The highest BCUT2D eigenvalue weighted by Gasteiger charge is 2.25.